The van der Waals surface area contributed by atoms with Gasteiger partial charge < -0.3 is 14.8 Å². The number of alkyl carbamates (subject to hydrolysis) is 1. The molecule has 0 spiro atoms. The van der Waals surface area contributed by atoms with Crippen LogP contribution in [0.25, 0.3) is 0 Å². The Morgan fingerprint density at radius 3 is 2.50 bits per heavy atom. The van der Waals surface area contributed by atoms with Crippen molar-refractivity contribution < 1.29 is 23.9 Å². The van der Waals surface area contributed by atoms with Crippen LogP contribution in [-0.2, 0) is 19.1 Å². The highest BCUT2D eigenvalue weighted by atomic mass is 16.7. The number of hydrogen-bond donors (Lipinski definition) is 1. The zero-order valence-corrected chi connectivity index (χ0v) is 11.4. The smallest absolute Gasteiger partial charge is 0.407 e. The van der Waals surface area contributed by atoms with Crippen LogP contribution in [0.15, 0.2) is 0 Å². The van der Waals surface area contributed by atoms with E-state index in [1.54, 1.807) is 0 Å². The standard InChI is InChI=1S/C11H22N2O5/c1-5-6-7-18-11(15)12-9(8-16-3)10(14)13(2)17-4/h9H,5-8H2,1-4H3,(H,12,15)/t9-/m1/s1. The van der Waals surface area contributed by atoms with E-state index in [4.69, 9.17) is 14.3 Å². The Kier molecular flexibility index (Phi) is 8.95. The molecule has 7 nitrogen and oxygen atoms in total. The molecule has 18 heavy (non-hydrogen) atoms. The van der Waals surface area contributed by atoms with Crippen LogP contribution < -0.4 is 5.32 Å². The minimum absolute atomic E-state index is 0.0510. The number of methoxy groups -OCH3 is 1. The van der Waals surface area contributed by atoms with Crippen molar-refractivity contribution in [3.05, 3.63) is 0 Å². The van der Waals surface area contributed by atoms with Crippen molar-refractivity contribution in [1.82, 2.24) is 10.4 Å². The summed E-state index contributed by atoms with van der Waals surface area (Å²) in [7, 11) is 4.26. The first kappa shape index (κ1) is 16.7. The molecule has 1 N–H and O–H groups in total. The maximum atomic E-state index is 11.8. The highest BCUT2D eigenvalue weighted by molar-refractivity contribution is 5.84. The van der Waals surface area contributed by atoms with Gasteiger partial charge in [0.05, 0.1) is 20.3 Å². The van der Waals surface area contributed by atoms with E-state index in [2.05, 4.69) is 5.32 Å². The van der Waals surface area contributed by atoms with Crippen molar-refractivity contribution in [2.24, 2.45) is 0 Å². The van der Waals surface area contributed by atoms with Crippen LogP contribution in [0.5, 0.6) is 0 Å². The lowest BCUT2D eigenvalue weighted by atomic mass is 10.3. The van der Waals surface area contributed by atoms with Gasteiger partial charge in [-0.15, -0.1) is 0 Å². The SMILES string of the molecule is CCCCOC(=O)N[C@H](COC)C(=O)N(C)OC. The second-order valence-electron chi connectivity index (χ2n) is 3.66. The molecule has 0 aromatic rings. The van der Waals surface area contributed by atoms with Crippen molar-refractivity contribution in [3.63, 3.8) is 0 Å². The summed E-state index contributed by atoms with van der Waals surface area (Å²) in [6.45, 7) is 2.37. The van der Waals surface area contributed by atoms with Crippen molar-refractivity contribution in [3.8, 4) is 0 Å². The second-order valence-corrected chi connectivity index (χ2v) is 3.66. The van der Waals surface area contributed by atoms with Crippen LogP contribution in [0.1, 0.15) is 19.8 Å². The van der Waals surface area contributed by atoms with Crippen LogP contribution >= 0.6 is 0 Å². The zero-order valence-electron chi connectivity index (χ0n) is 11.4. The third kappa shape index (κ3) is 6.41. The summed E-state index contributed by atoms with van der Waals surface area (Å²) in [5.41, 5.74) is 0. The van der Waals surface area contributed by atoms with Gasteiger partial charge in [0.2, 0.25) is 0 Å². The lowest BCUT2D eigenvalue weighted by molar-refractivity contribution is -0.172. The van der Waals surface area contributed by atoms with Gasteiger partial charge in [-0.3, -0.25) is 9.63 Å². The Bertz CT molecular complexity index is 260. The first-order valence-electron chi connectivity index (χ1n) is 5.80. The monoisotopic (exact) mass is 262 g/mol. The number of amides is 2. The number of nitrogens with zero attached hydrogens (tertiary/aromatic N) is 1. The Labute approximate surface area is 107 Å². The number of nitrogens with one attached hydrogen (secondary N) is 1. The van der Waals surface area contributed by atoms with E-state index in [0.717, 1.165) is 17.9 Å². The molecular weight excluding hydrogens is 240 g/mol. The summed E-state index contributed by atoms with van der Waals surface area (Å²) in [6.07, 6.45) is 1.08. The summed E-state index contributed by atoms with van der Waals surface area (Å²) in [4.78, 5) is 28.0. The van der Waals surface area contributed by atoms with Gasteiger partial charge in [-0.25, -0.2) is 9.86 Å². The van der Waals surface area contributed by atoms with Gasteiger partial charge in [0.15, 0.2) is 0 Å². The molecule has 0 bridgehead atoms. The number of carbonyl (C=O) groups excluding carboxylic acids is 2. The second kappa shape index (κ2) is 9.67. The molecule has 0 aromatic heterocycles. The molecular formula is C11H22N2O5. The van der Waals surface area contributed by atoms with E-state index in [0.29, 0.717) is 6.61 Å². The largest absolute Gasteiger partial charge is 0.450 e. The fourth-order valence-corrected chi connectivity index (χ4v) is 1.14. The highest BCUT2D eigenvalue weighted by Gasteiger charge is 2.24. The average Bonchev–Trinajstić information content (AvgIpc) is 2.36. The molecule has 2 amide bonds. The quantitative estimate of drug-likeness (QED) is 0.510. The van der Waals surface area contributed by atoms with Gasteiger partial charge in [-0.05, 0) is 6.42 Å². The molecule has 0 rings (SSSR count). The molecule has 0 unspecified atom stereocenters. The van der Waals surface area contributed by atoms with Crippen molar-refractivity contribution in [2.75, 3.05) is 34.5 Å². The van der Waals surface area contributed by atoms with Crippen molar-refractivity contribution in [2.45, 2.75) is 25.8 Å². The van der Waals surface area contributed by atoms with Gasteiger partial charge in [-0.1, -0.05) is 13.3 Å². The van der Waals surface area contributed by atoms with Crippen molar-refractivity contribution in [1.29, 1.82) is 0 Å². The minimum atomic E-state index is -0.825. The first-order chi connectivity index (χ1) is 8.56. The Balaban J connectivity index is 4.25. The van der Waals surface area contributed by atoms with E-state index in [-0.39, 0.29) is 6.61 Å². The fraction of sp³-hybridized carbons (Fsp3) is 0.818. The van der Waals surface area contributed by atoms with Gasteiger partial charge in [0.1, 0.15) is 6.04 Å². The molecule has 0 heterocycles. The number of likely N-dealkylation sites (N-methyl/N-ethyl adjacent to an activating group) is 1. The summed E-state index contributed by atoms with van der Waals surface area (Å²) in [6, 6.07) is -0.825. The third-order valence-electron chi connectivity index (χ3n) is 2.24. The van der Waals surface area contributed by atoms with Gasteiger partial charge in [0, 0.05) is 14.2 Å². The van der Waals surface area contributed by atoms with Gasteiger partial charge in [0.25, 0.3) is 5.91 Å². The third-order valence-corrected chi connectivity index (χ3v) is 2.24. The highest BCUT2D eigenvalue weighted by Crippen LogP contribution is 1.96. The maximum absolute atomic E-state index is 11.8. The Morgan fingerprint density at radius 1 is 1.33 bits per heavy atom. The predicted molar refractivity (Wildman–Crippen MR) is 64.8 cm³/mol. The maximum Gasteiger partial charge on any atom is 0.407 e. The van der Waals surface area contributed by atoms with Gasteiger partial charge >= 0.3 is 6.09 Å². The average molecular weight is 262 g/mol. The molecule has 0 fully saturated rings. The molecule has 7 heteroatoms. The van der Waals surface area contributed by atoms with E-state index >= 15 is 0 Å². The minimum Gasteiger partial charge on any atom is -0.450 e. The molecule has 0 aromatic carbocycles. The lowest BCUT2D eigenvalue weighted by Crippen LogP contribution is -2.49. The van der Waals surface area contributed by atoms with E-state index < -0.39 is 18.0 Å². The molecule has 0 aliphatic rings. The zero-order chi connectivity index (χ0) is 14.0. The van der Waals surface area contributed by atoms with Crippen LogP contribution in [0.3, 0.4) is 0 Å². The summed E-state index contributed by atoms with van der Waals surface area (Å²) in [5.74, 6) is -0.410. The Morgan fingerprint density at radius 2 is 2.00 bits per heavy atom. The van der Waals surface area contributed by atoms with Crippen LogP contribution in [-0.4, -0.2) is 57.6 Å². The number of hydroxylamine groups is 2. The summed E-state index contributed by atoms with van der Waals surface area (Å²) >= 11 is 0. The van der Waals surface area contributed by atoms with E-state index in [1.165, 1.54) is 21.3 Å². The topological polar surface area (TPSA) is 77.1 Å². The molecule has 0 aliphatic carbocycles. The van der Waals surface area contributed by atoms with Gasteiger partial charge in [-0.2, -0.15) is 0 Å². The number of hydrogen-bond acceptors (Lipinski definition) is 5. The number of ether oxygens (including phenoxy) is 2. The lowest BCUT2D eigenvalue weighted by Gasteiger charge is -2.21. The Hall–Kier alpha value is -1.34. The van der Waals surface area contributed by atoms with Crippen LogP contribution in [0, 0.1) is 0 Å². The molecule has 106 valence electrons. The summed E-state index contributed by atoms with van der Waals surface area (Å²) in [5, 5.41) is 3.46. The number of carbonyl (C=O) groups is 2. The molecule has 0 saturated carbocycles. The van der Waals surface area contributed by atoms with E-state index in [9.17, 15) is 9.59 Å². The molecule has 0 radical (unpaired) electrons. The normalized spacial score (nSPS) is 11.8. The fourth-order valence-electron chi connectivity index (χ4n) is 1.14. The predicted octanol–water partition coefficient (Wildman–Crippen LogP) is 0.548. The summed E-state index contributed by atoms with van der Waals surface area (Å²) < 4.78 is 9.78. The molecule has 0 aliphatic heterocycles. The molecule has 0 saturated heterocycles. The number of rotatable bonds is 8. The first-order valence-corrected chi connectivity index (χ1v) is 5.80. The van der Waals surface area contributed by atoms with E-state index in [1.807, 2.05) is 6.92 Å². The molecule has 1 atom stereocenters. The van der Waals surface area contributed by atoms with Crippen LogP contribution in [0.4, 0.5) is 4.79 Å². The number of unbranched alkanes of at least 4 members (excludes halogenated alkanes) is 1. The van der Waals surface area contributed by atoms with Crippen LogP contribution in [0.2, 0.25) is 0 Å². The van der Waals surface area contributed by atoms with Crippen molar-refractivity contribution >= 4 is 12.0 Å².